The minimum atomic E-state index is -3.59. The summed E-state index contributed by atoms with van der Waals surface area (Å²) in [5.41, 5.74) is 3.00. The first-order chi connectivity index (χ1) is 9.99. The monoisotopic (exact) mass is 323 g/mol. The predicted molar refractivity (Wildman–Crippen MR) is 85.7 cm³/mol. The van der Waals surface area contributed by atoms with Crippen LogP contribution in [0.3, 0.4) is 0 Å². The third-order valence-electron chi connectivity index (χ3n) is 3.55. The molecule has 1 aromatic heterocycles. The average molecular weight is 323 g/mol. The molecule has 2 heterocycles. The van der Waals surface area contributed by atoms with Crippen LogP contribution in [0.15, 0.2) is 23.1 Å². The first-order valence-electron chi connectivity index (χ1n) is 6.85. The third-order valence-corrected chi connectivity index (χ3v) is 5.94. The molecule has 0 bridgehead atoms. The van der Waals surface area contributed by atoms with Crippen molar-refractivity contribution in [2.75, 3.05) is 16.6 Å². The number of rotatable bonds is 4. The second-order valence-electron chi connectivity index (χ2n) is 4.98. The van der Waals surface area contributed by atoms with Crippen molar-refractivity contribution in [1.29, 1.82) is 0 Å². The van der Waals surface area contributed by atoms with Crippen molar-refractivity contribution in [2.45, 2.75) is 31.6 Å². The first-order valence-corrected chi connectivity index (χ1v) is 9.15. The second-order valence-corrected chi connectivity index (χ2v) is 7.86. The highest BCUT2D eigenvalue weighted by Crippen LogP contribution is 2.28. The Morgan fingerprint density at radius 1 is 1.43 bits per heavy atom. The van der Waals surface area contributed by atoms with Crippen molar-refractivity contribution in [1.82, 2.24) is 4.98 Å². The lowest BCUT2D eigenvalue weighted by molar-refractivity contribution is 0.601. The van der Waals surface area contributed by atoms with E-state index in [4.69, 9.17) is 0 Å². The van der Waals surface area contributed by atoms with Crippen LogP contribution >= 0.6 is 11.3 Å². The molecule has 0 aliphatic carbocycles. The number of benzene rings is 1. The molecule has 112 valence electrons. The topological polar surface area (TPSA) is 71.1 Å². The van der Waals surface area contributed by atoms with Crippen molar-refractivity contribution in [3.8, 4) is 0 Å². The molecule has 3 rings (SSSR count). The molecule has 0 saturated carbocycles. The van der Waals surface area contributed by atoms with Crippen LogP contribution in [0, 0.1) is 6.92 Å². The van der Waals surface area contributed by atoms with Gasteiger partial charge in [-0.05, 0) is 37.5 Å². The molecule has 0 saturated heterocycles. The summed E-state index contributed by atoms with van der Waals surface area (Å²) in [4.78, 5) is 5.64. The summed E-state index contributed by atoms with van der Waals surface area (Å²) in [5, 5.41) is 3.62. The van der Waals surface area contributed by atoms with E-state index in [1.165, 1.54) is 11.3 Å². The quantitative estimate of drug-likeness (QED) is 0.907. The predicted octanol–water partition coefficient (Wildman–Crippen LogP) is 2.78. The van der Waals surface area contributed by atoms with Gasteiger partial charge in [0.1, 0.15) is 0 Å². The molecule has 1 aromatic carbocycles. The minimum absolute atomic E-state index is 0.265. The van der Waals surface area contributed by atoms with Crippen LogP contribution in [0.4, 0.5) is 10.8 Å². The third kappa shape index (κ3) is 2.75. The van der Waals surface area contributed by atoms with E-state index in [0.29, 0.717) is 5.13 Å². The molecular weight excluding hydrogens is 306 g/mol. The Labute approximate surface area is 128 Å². The maximum absolute atomic E-state index is 12.4. The van der Waals surface area contributed by atoms with Crippen molar-refractivity contribution >= 4 is 32.2 Å². The number of anilines is 2. The van der Waals surface area contributed by atoms with Crippen LogP contribution < -0.4 is 10.0 Å². The number of hydrogen-bond acceptors (Lipinski definition) is 5. The van der Waals surface area contributed by atoms with Crippen molar-refractivity contribution < 1.29 is 8.42 Å². The van der Waals surface area contributed by atoms with Crippen LogP contribution in [0.5, 0.6) is 0 Å². The number of aromatic nitrogens is 1. The van der Waals surface area contributed by atoms with Gasteiger partial charge in [0.2, 0.25) is 0 Å². The Morgan fingerprint density at radius 3 is 2.95 bits per heavy atom. The Kier molecular flexibility index (Phi) is 3.62. The molecular formula is C14H17N3O2S2. The number of aryl methyl sites for hydroxylation is 2. The molecule has 0 amide bonds. The fourth-order valence-electron chi connectivity index (χ4n) is 2.41. The van der Waals surface area contributed by atoms with Gasteiger partial charge in [-0.2, -0.15) is 0 Å². The van der Waals surface area contributed by atoms with Crippen LogP contribution in [-0.4, -0.2) is 19.9 Å². The molecule has 1 aliphatic heterocycles. The Balaban J connectivity index is 1.89. The molecule has 0 atom stereocenters. The van der Waals surface area contributed by atoms with Gasteiger partial charge in [0.05, 0.1) is 10.6 Å². The zero-order chi connectivity index (χ0) is 15.0. The van der Waals surface area contributed by atoms with Gasteiger partial charge >= 0.3 is 0 Å². The number of nitrogens with one attached hydrogen (secondary N) is 2. The zero-order valence-electron chi connectivity index (χ0n) is 11.9. The van der Waals surface area contributed by atoms with Gasteiger partial charge in [0, 0.05) is 17.1 Å². The van der Waals surface area contributed by atoms with Gasteiger partial charge in [-0.1, -0.05) is 13.0 Å². The Morgan fingerprint density at radius 2 is 2.24 bits per heavy atom. The molecule has 5 nitrogen and oxygen atoms in total. The summed E-state index contributed by atoms with van der Waals surface area (Å²) < 4.78 is 27.4. The van der Waals surface area contributed by atoms with E-state index in [-0.39, 0.29) is 4.90 Å². The Hall–Kier alpha value is -1.60. The molecule has 0 fully saturated rings. The van der Waals surface area contributed by atoms with Gasteiger partial charge in [0.25, 0.3) is 10.0 Å². The van der Waals surface area contributed by atoms with Gasteiger partial charge in [-0.15, -0.1) is 11.3 Å². The van der Waals surface area contributed by atoms with Crippen molar-refractivity contribution in [2.24, 2.45) is 0 Å². The van der Waals surface area contributed by atoms with Crippen molar-refractivity contribution in [3.63, 3.8) is 0 Å². The molecule has 2 aromatic rings. The summed E-state index contributed by atoms with van der Waals surface area (Å²) >= 11 is 1.37. The van der Waals surface area contributed by atoms with E-state index in [1.807, 2.05) is 19.9 Å². The fraction of sp³-hybridized carbons (Fsp3) is 0.357. The van der Waals surface area contributed by atoms with E-state index in [1.54, 1.807) is 12.1 Å². The van der Waals surface area contributed by atoms with E-state index >= 15 is 0 Å². The lowest BCUT2D eigenvalue weighted by Crippen LogP contribution is -2.13. The SMILES string of the molecule is CCc1nc(NS(=O)(=O)c2ccc3c(c2)NCC3)sc1C. The average Bonchev–Trinajstić information content (AvgIpc) is 3.03. The molecule has 0 unspecified atom stereocenters. The number of thiazole rings is 1. The summed E-state index contributed by atoms with van der Waals surface area (Å²) in [6.45, 7) is 4.82. The fourth-order valence-corrected chi connectivity index (χ4v) is 4.57. The summed E-state index contributed by atoms with van der Waals surface area (Å²) in [5.74, 6) is 0. The first kappa shape index (κ1) is 14.3. The smallest absolute Gasteiger partial charge is 0.263 e. The number of hydrogen-bond donors (Lipinski definition) is 2. The van der Waals surface area contributed by atoms with E-state index in [9.17, 15) is 8.42 Å². The van der Waals surface area contributed by atoms with Crippen LogP contribution in [0.1, 0.15) is 23.1 Å². The van der Waals surface area contributed by atoms with Crippen LogP contribution in [0.2, 0.25) is 0 Å². The molecule has 0 radical (unpaired) electrons. The summed E-state index contributed by atoms with van der Waals surface area (Å²) in [6, 6.07) is 5.20. The standard InChI is InChI=1S/C14H17N3O2S2/c1-3-12-9(2)20-14(16-12)17-21(18,19)11-5-4-10-6-7-15-13(10)8-11/h4-5,8,15H,3,6-7H2,1-2H3,(H,16,17). The number of nitrogens with zero attached hydrogens (tertiary/aromatic N) is 1. The highest BCUT2D eigenvalue weighted by atomic mass is 32.2. The Bertz CT molecular complexity index is 782. The zero-order valence-corrected chi connectivity index (χ0v) is 13.6. The number of fused-ring (bicyclic) bond motifs is 1. The van der Waals surface area contributed by atoms with Crippen LogP contribution in [-0.2, 0) is 22.9 Å². The molecule has 1 aliphatic rings. The lowest BCUT2D eigenvalue weighted by atomic mass is 10.2. The molecule has 21 heavy (non-hydrogen) atoms. The minimum Gasteiger partial charge on any atom is -0.384 e. The maximum Gasteiger partial charge on any atom is 0.263 e. The normalized spacial score (nSPS) is 13.8. The molecule has 2 N–H and O–H groups in total. The molecule has 0 spiro atoms. The van der Waals surface area contributed by atoms with E-state index < -0.39 is 10.0 Å². The van der Waals surface area contributed by atoms with E-state index in [0.717, 1.165) is 41.2 Å². The maximum atomic E-state index is 12.4. The number of sulfonamides is 1. The van der Waals surface area contributed by atoms with Crippen molar-refractivity contribution in [3.05, 3.63) is 34.3 Å². The van der Waals surface area contributed by atoms with E-state index in [2.05, 4.69) is 15.0 Å². The largest absolute Gasteiger partial charge is 0.384 e. The summed E-state index contributed by atoms with van der Waals surface area (Å²) in [6.07, 6.45) is 1.74. The van der Waals surface area contributed by atoms with Gasteiger partial charge in [0.15, 0.2) is 5.13 Å². The van der Waals surface area contributed by atoms with Crippen LogP contribution in [0.25, 0.3) is 0 Å². The van der Waals surface area contributed by atoms with Gasteiger partial charge in [-0.3, -0.25) is 4.72 Å². The highest BCUT2D eigenvalue weighted by molar-refractivity contribution is 7.93. The highest BCUT2D eigenvalue weighted by Gasteiger charge is 2.20. The summed E-state index contributed by atoms with van der Waals surface area (Å²) in [7, 11) is -3.59. The van der Waals surface area contributed by atoms with Gasteiger partial charge in [-0.25, -0.2) is 13.4 Å². The lowest BCUT2D eigenvalue weighted by Gasteiger charge is -2.07. The second kappa shape index (κ2) is 5.31. The molecule has 7 heteroatoms. The van der Waals surface area contributed by atoms with Gasteiger partial charge < -0.3 is 5.32 Å².